The highest BCUT2D eigenvalue weighted by atomic mass is 32.2. The molecule has 2 aromatic rings. The Labute approximate surface area is 273 Å². The Kier molecular flexibility index (Phi) is 9.67. The maximum Gasteiger partial charge on any atom is 0.407 e. The standard InChI is InChI=1S/C35H49FN4O5S/c1-44-33(41)37-32-10-5-9-31(32)35(25-38-17-6-18-38,27-7-4-8-28(36)21-27)26-15-19-39(20-16-26)22-34(45-2)23-40(24-34)29-11-13-30(14-12-29)46(3,42)43/h4,7-8,11-14,21,26,31-32H,5-6,9-10,15-20,22-25H2,1-3H3,(H,37,41)/t31-,32-,35-/m0/s1. The Morgan fingerprint density at radius 2 is 1.70 bits per heavy atom. The number of likely N-dealkylation sites (tertiary alicyclic amines) is 2. The number of halogens is 1. The molecule has 4 aliphatic rings. The van der Waals surface area contributed by atoms with E-state index in [9.17, 15) is 17.6 Å². The lowest BCUT2D eigenvalue weighted by Gasteiger charge is -2.55. The molecule has 0 aromatic heterocycles. The van der Waals surface area contributed by atoms with E-state index in [0.29, 0.717) is 10.8 Å². The molecule has 4 fully saturated rings. The molecule has 1 aliphatic carbocycles. The summed E-state index contributed by atoms with van der Waals surface area (Å²) in [5.74, 6) is 0.312. The molecule has 0 unspecified atom stereocenters. The first-order valence-corrected chi connectivity index (χ1v) is 18.6. The van der Waals surface area contributed by atoms with Crippen molar-refractivity contribution in [2.75, 3.05) is 77.7 Å². The van der Waals surface area contributed by atoms with Crippen molar-refractivity contribution in [1.82, 2.24) is 15.1 Å². The summed E-state index contributed by atoms with van der Waals surface area (Å²) in [7, 11) is -0.0321. The predicted molar refractivity (Wildman–Crippen MR) is 176 cm³/mol. The van der Waals surface area contributed by atoms with Gasteiger partial charge >= 0.3 is 6.09 Å². The smallest absolute Gasteiger partial charge is 0.407 e. The number of nitrogens with zero attached hydrogens (tertiary/aromatic N) is 3. The maximum absolute atomic E-state index is 14.9. The van der Waals surface area contributed by atoms with Crippen molar-refractivity contribution >= 4 is 21.6 Å². The van der Waals surface area contributed by atoms with Crippen LogP contribution in [0.15, 0.2) is 53.4 Å². The molecule has 3 saturated heterocycles. The summed E-state index contributed by atoms with van der Waals surface area (Å²) >= 11 is 0. The number of rotatable bonds is 11. The number of carbonyl (C=O) groups excluding carboxylic acids is 1. The van der Waals surface area contributed by atoms with Crippen molar-refractivity contribution in [1.29, 1.82) is 0 Å². The first kappa shape index (κ1) is 33.2. The summed E-state index contributed by atoms with van der Waals surface area (Å²) in [6.45, 7) is 7.15. The first-order chi connectivity index (χ1) is 22.0. The third-order valence-electron chi connectivity index (χ3n) is 11.3. The van der Waals surface area contributed by atoms with Crippen LogP contribution in [0.4, 0.5) is 14.9 Å². The molecular formula is C35H49FN4O5S. The highest BCUT2D eigenvalue weighted by molar-refractivity contribution is 7.90. The molecule has 3 heterocycles. The van der Waals surface area contributed by atoms with Crippen LogP contribution in [0.25, 0.3) is 0 Å². The number of ether oxygens (including phenoxy) is 2. The van der Waals surface area contributed by atoms with Crippen molar-refractivity contribution in [3.8, 4) is 0 Å². The molecule has 252 valence electrons. The number of sulfone groups is 1. The number of alkyl carbamates (subject to hydrolysis) is 1. The summed E-state index contributed by atoms with van der Waals surface area (Å²) in [6.07, 6.45) is 6.92. The van der Waals surface area contributed by atoms with Crippen LogP contribution in [0.2, 0.25) is 0 Å². The second-order valence-corrected chi connectivity index (χ2v) is 16.0. The van der Waals surface area contributed by atoms with E-state index in [1.165, 1.54) is 25.9 Å². The van der Waals surface area contributed by atoms with Gasteiger partial charge in [0.05, 0.1) is 25.1 Å². The normalized spacial score (nSPS) is 25.3. The van der Waals surface area contributed by atoms with Gasteiger partial charge in [-0.05, 0) is 112 Å². The summed E-state index contributed by atoms with van der Waals surface area (Å²) in [6, 6.07) is 14.3. The molecule has 1 N–H and O–H groups in total. The topological polar surface area (TPSA) is 91.4 Å². The fourth-order valence-corrected chi connectivity index (χ4v) is 9.41. The Morgan fingerprint density at radius 1 is 0.978 bits per heavy atom. The molecule has 0 spiro atoms. The van der Waals surface area contributed by atoms with Gasteiger partial charge in [0, 0.05) is 43.6 Å². The lowest BCUT2D eigenvalue weighted by Crippen LogP contribution is -2.68. The predicted octanol–water partition coefficient (Wildman–Crippen LogP) is 4.31. The van der Waals surface area contributed by atoms with Crippen LogP contribution in [0.3, 0.4) is 0 Å². The van der Waals surface area contributed by atoms with E-state index in [2.05, 4.69) is 26.1 Å². The molecular weight excluding hydrogens is 607 g/mol. The van der Waals surface area contributed by atoms with Gasteiger partial charge in [0.15, 0.2) is 9.84 Å². The van der Waals surface area contributed by atoms with E-state index in [-0.39, 0.29) is 28.8 Å². The fourth-order valence-electron chi connectivity index (χ4n) is 8.78. The Morgan fingerprint density at radius 3 is 2.28 bits per heavy atom. The molecule has 3 aliphatic heterocycles. The van der Waals surface area contributed by atoms with Crippen LogP contribution < -0.4 is 10.2 Å². The van der Waals surface area contributed by atoms with E-state index in [0.717, 1.165) is 95.7 Å². The Balaban J connectivity index is 1.19. The number of methoxy groups -OCH3 is 2. The minimum Gasteiger partial charge on any atom is -0.453 e. The van der Waals surface area contributed by atoms with Gasteiger partial charge < -0.3 is 29.5 Å². The summed E-state index contributed by atoms with van der Waals surface area (Å²) in [5.41, 5.74) is 1.48. The lowest BCUT2D eigenvalue weighted by atomic mass is 9.57. The molecule has 0 bridgehead atoms. The van der Waals surface area contributed by atoms with E-state index in [1.54, 1.807) is 25.3 Å². The number of piperidine rings is 1. The van der Waals surface area contributed by atoms with Crippen LogP contribution in [0, 0.1) is 17.7 Å². The van der Waals surface area contributed by atoms with Crippen molar-refractivity contribution in [3.63, 3.8) is 0 Å². The van der Waals surface area contributed by atoms with Gasteiger partial charge in [0.25, 0.3) is 0 Å². The van der Waals surface area contributed by atoms with Crippen molar-refractivity contribution < 1.29 is 27.1 Å². The average Bonchev–Trinajstić information content (AvgIpc) is 3.47. The average molecular weight is 657 g/mol. The van der Waals surface area contributed by atoms with E-state index >= 15 is 0 Å². The molecule has 6 rings (SSSR count). The van der Waals surface area contributed by atoms with Gasteiger partial charge in [-0.25, -0.2) is 17.6 Å². The molecule has 1 saturated carbocycles. The van der Waals surface area contributed by atoms with Crippen LogP contribution in [0.1, 0.15) is 44.1 Å². The third-order valence-corrected chi connectivity index (χ3v) is 12.4. The number of amides is 1. The van der Waals surface area contributed by atoms with Crippen LogP contribution in [-0.2, 0) is 24.7 Å². The molecule has 2 aromatic carbocycles. The van der Waals surface area contributed by atoms with Gasteiger partial charge in [0.2, 0.25) is 0 Å². The van der Waals surface area contributed by atoms with Gasteiger partial charge in [-0.3, -0.25) is 0 Å². The zero-order valence-electron chi connectivity index (χ0n) is 27.4. The summed E-state index contributed by atoms with van der Waals surface area (Å²) in [5, 5.41) is 3.17. The van der Waals surface area contributed by atoms with Crippen LogP contribution >= 0.6 is 0 Å². The summed E-state index contributed by atoms with van der Waals surface area (Å²) in [4.78, 5) is 20.1. The monoisotopic (exact) mass is 656 g/mol. The van der Waals surface area contributed by atoms with Gasteiger partial charge in [-0.2, -0.15) is 0 Å². The van der Waals surface area contributed by atoms with Crippen molar-refractivity contribution in [3.05, 3.63) is 59.9 Å². The van der Waals surface area contributed by atoms with Crippen molar-refractivity contribution in [2.24, 2.45) is 11.8 Å². The molecule has 1 amide bonds. The van der Waals surface area contributed by atoms with E-state index in [1.807, 2.05) is 18.2 Å². The molecule has 9 nitrogen and oxygen atoms in total. The fraction of sp³-hybridized carbons (Fsp3) is 0.629. The molecule has 46 heavy (non-hydrogen) atoms. The Hall–Kier alpha value is -2.73. The Bertz CT molecular complexity index is 1470. The van der Waals surface area contributed by atoms with Crippen molar-refractivity contribution in [2.45, 2.75) is 60.5 Å². The molecule has 11 heteroatoms. The number of carbonyl (C=O) groups is 1. The van der Waals surface area contributed by atoms with Gasteiger partial charge in [-0.15, -0.1) is 0 Å². The van der Waals surface area contributed by atoms with E-state index < -0.39 is 15.9 Å². The molecule has 3 atom stereocenters. The third kappa shape index (κ3) is 6.66. The minimum absolute atomic E-state index is 0.0146. The zero-order chi connectivity index (χ0) is 32.5. The number of hydrogen-bond acceptors (Lipinski definition) is 8. The SMILES string of the molecule is COC(=O)N[C@H]1CCC[C@@H]1[C@](CN1CCC1)(c1cccc(F)c1)C1CCN(CC2(OC)CN(c3ccc(S(C)(=O)=O)cc3)C2)CC1. The second-order valence-electron chi connectivity index (χ2n) is 14.0. The maximum atomic E-state index is 14.9. The highest BCUT2D eigenvalue weighted by Crippen LogP contribution is 2.51. The van der Waals surface area contributed by atoms with Gasteiger partial charge in [-0.1, -0.05) is 18.6 Å². The first-order valence-electron chi connectivity index (χ1n) is 16.7. The minimum atomic E-state index is -3.23. The quantitative estimate of drug-likeness (QED) is 0.383. The largest absolute Gasteiger partial charge is 0.453 e. The highest BCUT2D eigenvalue weighted by Gasteiger charge is 2.53. The lowest BCUT2D eigenvalue weighted by molar-refractivity contribution is -0.0657. The molecule has 0 radical (unpaired) electrons. The number of nitrogens with one attached hydrogen (secondary N) is 1. The number of anilines is 1. The van der Waals surface area contributed by atoms with Crippen LogP contribution in [0.5, 0.6) is 0 Å². The van der Waals surface area contributed by atoms with Gasteiger partial charge in [0.1, 0.15) is 11.4 Å². The van der Waals surface area contributed by atoms with E-state index in [4.69, 9.17) is 9.47 Å². The number of benzene rings is 2. The number of hydrogen-bond donors (Lipinski definition) is 1. The second kappa shape index (κ2) is 13.4. The summed E-state index contributed by atoms with van der Waals surface area (Å²) < 4.78 is 49.9. The zero-order valence-corrected chi connectivity index (χ0v) is 28.2. The van der Waals surface area contributed by atoms with Crippen LogP contribution in [-0.4, -0.2) is 109 Å².